The molecule has 0 aromatic heterocycles. The Hall–Kier alpha value is -8.58. The molecule has 0 amide bonds. The second-order valence-corrected chi connectivity index (χ2v) is 18.5. The summed E-state index contributed by atoms with van der Waals surface area (Å²) >= 11 is 0. The van der Waals surface area contributed by atoms with E-state index in [2.05, 4.69) is 218 Å². The van der Waals surface area contributed by atoms with Crippen LogP contribution in [-0.2, 0) is 0 Å². The normalized spacial score (nSPS) is 12.3. The van der Waals surface area contributed by atoms with Crippen LogP contribution in [0.25, 0.3) is 163 Å². The van der Waals surface area contributed by atoms with E-state index in [1.165, 1.54) is 163 Å². The van der Waals surface area contributed by atoms with Crippen molar-refractivity contribution in [3.63, 3.8) is 0 Å². The number of fused-ring (bicyclic) bond motifs is 9. The highest BCUT2D eigenvalue weighted by Gasteiger charge is 2.30. The standard InChI is InChI=1S/C66H36.C2H6/c1-5-17-37(18-6-1)53-43-25-13-15-27-45(43)55(39-21-9-3-10-22-39)65-51-35-41-29-30-42-36-52-60-50(34-32-48-47-31-33-49(63(53)65)59(51)61(47)57(41)58(42)62(48)60)64-54(38-19-7-2-8-20-38)44-26-14-16-28-46(44)56(66(52)64)40-23-11-4-12-24-40;1-2/h1-36H;1-2H3. The first-order chi connectivity index (χ1) is 33.8. The highest BCUT2D eigenvalue weighted by Crippen LogP contribution is 2.58. The third-order valence-electron chi connectivity index (χ3n) is 15.4. The van der Waals surface area contributed by atoms with Gasteiger partial charge in [-0.15, -0.1) is 0 Å². The molecular weight excluding hydrogens is 817 g/mol. The van der Waals surface area contributed by atoms with Gasteiger partial charge in [-0.25, -0.2) is 0 Å². The molecule has 314 valence electrons. The molecular formula is C68H42. The molecule has 68 heavy (non-hydrogen) atoms. The number of rotatable bonds is 4. The molecule has 0 saturated carbocycles. The molecule has 0 unspecified atom stereocenters. The van der Waals surface area contributed by atoms with E-state index >= 15 is 0 Å². The minimum atomic E-state index is 1.25. The Labute approximate surface area is 393 Å². The van der Waals surface area contributed by atoms with Gasteiger partial charge >= 0.3 is 0 Å². The Morgan fingerprint density at radius 2 is 0.441 bits per heavy atom. The lowest BCUT2D eigenvalue weighted by atomic mass is 9.84. The molecule has 16 rings (SSSR count). The van der Waals surface area contributed by atoms with Crippen LogP contribution in [0.15, 0.2) is 218 Å². The number of benzene rings is 14. The number of hydrogen-bond donors (Lipinski definition) is 0. The largest absolute Gasteiger partial charge is 0.0683 e. The summed E-state index contributed by atoms with van der Waals surface area (Å²) in [5.74, 6) is 0. The van der Waals surface area contributed by atoms with Crippen LogP contribution in [0.4, 0.5) is 0 Å². The first-order valence-electron chi connectivity index (χ1n) is 24.2. The molecule has 0 radical (unpaired) electrons. The van der Waals surface area contributed by atoms with Gasteiger partial charge in [-0.3, -0.25) is 0 Å². The van der Waals surface area contributed by atoms with E-state index in [9.17, 15) is 0 Å². The van der Waals surface area contributed by atoms with Gasteiger partial charge in [-0.1, -0.05) is 220 Å². The third-order valence-corrected chi connectivity index (χ3v) is 15.4. The van der Waals surface area contributed by atoms with Gasteiger partial charge in [0, 0.05) is 0 Å². The predicted molar refractivity (Wildman–Crippen MR) is 297 cm³/mol. The molecule has 0 aliphatic carbocycles. The molecule has 0 fully saturated rings. The zero-order valence-electron chi connectivity index (χ0n) is 37.8. The van der Waals surface area contributed by atoms with Crippen LogP contribution in [0.5, 0.6) is 0 Å². The van der Waals surface area contributed by atoms with Gasteiger partial charge in [0.25, 0.3) is 0 Å². The Balaban J connectivity index is 0.00000208. The van der Waals surface area contributed by atoms with Crippen LogP contribution < -0.4 is 0 Å². The molecule has 0 heteroatoms. The van der Waals surface area contributed by atoms with Crippen LogP contribution >= 0.6 is 0 Å². The Bertz CT molecular complexity index is 4330. The third kappa shape index (κ3) is 4.74. The van der Waals surface area contributed by atoms with Crippen molar-refractivity contribution in [3.8, 4) is 44.5 Å². The molecule has 0 nitrogen and oxygen atoms in total. The predicted octanol–water partition coefficient (Wildman–Crippen LogP) is 19.8. The van der Waals surface area contributed by atoms with Crippen molar-refractivity contribution in [1.29, 1.82) is 0 Å². The van der Waals surface area contributed by atoms with Crippen LogP contribution in [0.1, 0.15) is 13.8 Å². The molecule has 0 spiro atoms. The molecule has 0 bridgehead atoms. The van der Waals surface area contributed by atoms with E-state index in [1.807, 2.05) is 13.8 Å². The average molecular weight is 859 g/mol. The van der Waals surface area contributed by atoms with E-state index in [-0.39, 0.29) is 0 Å². The maximum atomic E-state index is 2.54. The second kappa shape index (κ2) is 14.0. The Morgan fingerprint density at radius 3 is 0.750 bits per heavy atom. The molecule has 0 aliphatic rings. The fourth-order valence-corrected chi connectivity index (χ4v) is 13.0. The van der Waals surface area contributed by atoms with Crippen molar-refractivity contribution >= 4 is 118 Å². The van der Waals surface area contributed by atoms with Crippen LogP contribution in [0.3, 0.4) is 0 Å². The summed E-state index contributed by atoms with van der Waals surface area (Å²) in [5.41, 5.74) is 10.3. The molecule has 0 atom stereocenters. The summed E-state index contributed by atoms with van der Waals surface area (Å²) in [6.45, 7) is 4.00. The molecule has 0 aliphatic heterocycles. The molecule has 16 aromatic carbocycles. The maximum absolute atomic E-state index is 2.54. The summed E-state index contributed by atoms with van der Waals surface area (Å²) in [6, 6.07) is 82.4. The maximum Gasteiger partial charge on any atom is -0.000719 e. The Kier molecular flexibility index (Phi) is 7.73. The van der Waals surface area contributed by atoms with Crippen LogP contribution in [0.2, 0.25) is 0 Å². The van der Waals surface area contributed by atoms with Crippen molar-refractivity contribution in [2.45, 2.75) is 13.8 Å². The van der Waals surface area contributed by atoms with Gasteiger partial charge in [0.05, 0.1) is 0 Å². The minimum absolute atomic E-state index is 1.25. The van der Waals surface area contributed by atoms with Crippen molar-refractivity contribution in [2.24, 2.45) is 0 Å². The first kappa shape index (κ1) is 37.6. The summed E-state index contributed by atoms with van der Waals surface area (Å²) in [6.07, 6.45) is 0. The van der Waals surface area contributed by atoms with Gasteiger partial charge in [-0.05, 0) is 175 Å². The van der Waals surface area contributed by atoms with Gasteiger partial charge in [0.15, 0.2) is 0 Å². The zero-order valence-corrected chi connectivity index (χ0v) is 37.8. The molecule has 0 heterocycles. The molecule has 16 aromatic rings. The lowest BCUT2D eigenvalue weighted by Gasteiger charge is -2.19. The van der Waals surface area contributed by atoms with Gasteiger partial charge in [-0.2, -0.15) is 0 Å². The van der Waals surface area contributed by atoms with Gasteiger partial charge in [0.2, 0.25) is 0 Å². The van der Waals surface area contributed by atoms with E-state index in [0.29, 0.717) is 0 Å². The minimum Gasteiger partial charge on any atom is -0.0683 e. The second-order valence-electron chi connectivity index (χ2n) is 18.5. The number of hydrogen-bond acceptors (Lipinski definition) is 0. The summed E-state index contributed by atoms with van der Waals surface area (Å²) in [7, 11) is 0. The Morgan fingerprint density at radius 1 is 0.176 bits per heavy atom. The fourth-order valence-electron chi connectivity index (χ4n) is 13.0. The van der Waals surface area contributed by atoms with E-state index in [1.54, 1.807) is 0 Å². The van der Waals surface area contributed by atoms with Crippen LogP contribution in [0, 0.1) is 0 Å². The first-order valence-corrected chi connectivity index (χ1v) is 24.2. The van der Waals surface area contributed by atoms with E-state index in [0.717, 1.165) is 0 Å². The van der Waals surface area contributed by atoms with Crippen molar-refractivity contribution < 1.29 is 0 Å². The summed E-state index contributed by atoms with van der Waals surface area (Å²) in [5, 5.41) is 29.4. The molecule has 0 saturated heterocycles. The summed E-state index contributed by atoms with van der Waals surface area (Å²) in [4.78, 5) is 0. The summed E-state index contributed by atoms with van der Waals surface area (Å²) < 4.78 is 0. The van der Waals surface area contributed by atoms with Crippen molar-refractivity contribution in [3.05, 3.63) is 218 Å². The smallest absolute Gasteiger partial charge is 0.000719 e. The van der Waals surface area contributed by atoms with Gasteiger partial charge < -0.3 is 0 Å². The van der Waals surface area contributed by atoms with E-state index < -0.39 is 0 Å². The quantitative estimate of drug-likeness (QED) is 0.122. The highest BCUT2D eigenvalue weighted by molar-refractivity contribution is 6.53. The lowest BCUT2D eigenvalue weighted by molar-refractivity contribution is 1.50. The van der Waals surface area contributed by atoms with Crippen molar-refractivity contribution in [2.75, 3.05) is 0 Å². The lowest BCUT2D eigenvalue weighted by Crippen LogP contribution is -1.90. The van der Waals surface area contributed by atoms with Gasteiger partial charge in [0.1, 0.15) is 0 Å². The monoisotopic (exact) mass is 858 g/mol. The van der Waals surface area contributed by atoms with Crippen LogP contribution in [-0.4, -0.2) is 0 Å². The fraction of sp³-hybridized carbons (Fsp3) is 0.0294. The zero-order chi connectivity index (χ0) is 44.8. The molecule has 0 N–H and O–H groups in total. The SMILES string of the molecule is CC.c1ccc(-c2c3ccccc3c(-c3ccccc3)c3c4cc5ccc6cc7c8c(-c9ccccc9)c9ccccc9c(-c9ccccc9)c8c8ccc9c%10ccc(c23)c4c%10c5c6c9c87)cc1. The van der Waals surface area contributed by atoms with E-state index in [4.69, 9.17) is 0 Å². The van der Waals surface area contributed by atoms with Crippen molar-refractivity contribution in [1.82, 2.24) is 0 Å². The average Bonchev–Trinajstić information content (AvgIpc) is 3.92. The highest BCUT2D eigenvalue weighted by atomic mass is 14.3. The topological polar surface area (TPSA) is 0 Å².